The molecule has 0 radical (unpaired) electrons. The number of fused-ring (bicyclic) bond motifs is 1. The maximum Gasteiger partial charge on any atom is 0.182 e. The molecule has 1 heterocycles. The zero-order valence-corrected chi connectivity index (χ0v) is 10.1. The van der Waals surface area contributed by atoms with Crippen LogP contribution in [0.3, 0.4) is 0 Å². The first kappa shape index (κ1) is 12.3. The Morgan fingerprint density at radius 1 is 1.47 bits per heavy atom. The van der Waals surface area contributed by atoms with Gasteiger partial charge in [-0.05, 0) is 31.5 Å². The molecule has 6 heteroatoms. The molecule has 0 saturated carbocycles. The van der Waals surface area contributed by atoms with Gasteiger partial charge in [-0.25, -0.2) is 12.8 Å². The van der Waals surface area contributed by atoms with Gasteiger partial charge >= 0.3 is 0 Å². The molecule has 0 amide bonds. The first-order chi connectivity index (χ1) is 8.04. The van der Waals surface area contributed by atoms with E-state index in [0.29, 0.717) is 13.0 Å². The molecule has 0 aromatic heterocycles. The van der Waals surface area contributed by atoms with Gasteiger partial charge in [-0.1, -0.05) is 6.07 Å². The molecule has 0 fully saturated rings. The first-order valence-corrected chi connectivity index (χ1v) is 7.17. The van der Waals surface area contributed by atoms with Gasteiger partial charge in [0.1, 0.15) is 5.82 Å². The fourth-order valence-electron chi connectivity index (χ4n) is 2.02. The Kier molecular flexibility index (Phi) is 3.35. The van der Waals surface area contributed by atoms with Crippen molar-refractivity contribution in [1.82, 2.24) is 0 Å². The molecule has 3 N–H and O–H groups in total. The number of hydrogen-bond acceptors (Lipinski definition) is 4. The van der Waals surface area contributed by atoms with Crippen LogP contribution < -0.4 is 11.1 Å². The highest BCUT2D eigenvalue weighted by atomic mass is 32.2. The van der Waals surface area contributed by atoms with Crippen molar-refractivity contribution in [2.45, 2.75) is 23.8 Å². The summed E-state index contributed by atoms with van der Waals surface area (Å²) in [6.07, 6.45) is 1.35. The number of rotatable bonds is 3. The van der Waals surface area contributed by atoms with Crippen LogP contribution in [-0.2, 0) is 9.84 Å². The highest BCUT2D eigenvalue weighted by Crippen LogP contribution is 2.31. The Balaban J connectivity index is 2.35. The molecule has 0 saturated heterocycles. The summed E-state index contributed by atoms with van der Waals surface area (Å²) in [5.74, 6) is -0.521. The predicted molar refractivity (Wildman–Crippen MR) is 64.2 cm³/mol. The summed E-state index contributed by atoms with van der Waals surface area (Å²) in [7, 11) is -3.39. The van der Waals surface area contributed by atoms with Gasteiger partial charge in [0.15, 0.2) is 9.84 Å². The van der Waals surface area contributed by atoms with Crippen LogP contribution in [0.15, 0.2) is 23.1 Å². The highest BCUT2D eigenvalue weighted by Gasteiger charge is 2.31. The molecule has 2 rings (SSSR count). The normalized spacial score (nSPS) is 21.6. The molecule has 1 aliphatic rings. The minimum Gasteiger partial charge on any atom is -0.378 e. The maximum absolute atomic E-state index is 13.6. The number of benzene rings is 1. The summed E-state index contributed by atoms with van der Waals surface area (Å²) in [6.45, 7) is 0.502. The SMILES string of the molecule is NCCCC1CS(=O)(=O)c2cccc(F)c2N1. The maximum atomic E-state index is 13.6. The molecule has 0 bridgehead atoms. The zero-order chi connectivity index (χ0) is 12.5. The molecule has 1 unspecified atom stereocenters. The Bertz CT molecular complexity index is 516. The van der Waals surface area contributed by atoms with Gasteiger partial charge in [0.05, 0.1) is 16.3 Å². The minimum absolute atomic E-state index is 0.00343. The van der Waals surface area contributed by atoms with Gasteiger partial charge in [0.25, 0.3) is 0 Å². The lowest BCUT2D eigenvalue weighted by molar-refractivity contribution is 0.565. The van der Waals surface area contributed by atoms with E-state index >= 15 is 0 Å². The topological polar surface area (TPSA) is 72.2 Å². The van der Waals surface area contributed by atoms with Crippen LogP contribution in [0.1, 0.15) is 12.8 Å². The monoisotopic (exact) mass is 258 g/mol. The lowest BCUT2D eigenvalue weighted by atomic mass is 10.1. The van der Waals surface area contributed by atoms with E-state index in [-0.39, 0.29) is 22.4 Å². The third kappa shape index (κ3) is 2.42. The Morgan fingerprint density at radius 2 is 2.24 bits per heavy atom. The number of hydrogen-bond donors (Lipinski definition) is 2. The molecule has 1 aliphatic heterocycles. The van der Waals surface area contributed by atoms with E-state index in [1.54, 1.807) is 0 Å². The summed E-state index contributed by atoms with van der Waals surface area (Å²) >= 11 is 0. The molecule has 1 aromatic rings. The van der Waals surface area contributed by atoms with Crippen LogP contribution in [0, 0.1) is 5.82 Å². The van der Waals surface area contributed by atoms with Gasteiger partial charge in [-0.15, -0.1) is 0 Å². The van der Waals surface area contributed by atoms with Crippen LogP contribution in [-0.4, -0.2) is 26.8 Å². The smallest absolute Gasteiger partial charge is 0.182 e. The molecule has 1 aromatic carbocycles. The molecule has 17 heavy (non-hydrogen) atoms. The zero-order valence-electron chi connectivity index (χ0n) is 9.32. The average Bonchev–Trinajstić information content (AvgIpc) is 2.27. The standard InChI is InChI=1S/C11H15FN2O2S/c12-9-4-1-5-10-11(9)14-8(3-2-6-13)7-17(10,15)16/h1,4-5,8,14H,2-3,6-7,13H2. The number of nitrogens with one attached hydrogen (secondary N) is 1. The van der Waals surface area contributed by atoms with Gasteiger partial charge in [0, 0.05) is 6.04 Å². The third-order valence-corrected chi connectivity index (χ3v) is 4.69. The van der Waals surface area contributed by atoms with Crippen LogP contribution in [0.4, 0.5) is 10.1 Å². The molecule has 94 valence electrons. The minimum atomic E-state index is -3.39. The van der Waals surface area contributed by atoms with Gasteiger partial charge in [-0.2, -0.15) is 0 Å². The number of sulfone groups is 1. The number of halogens is 1. The van der Waals surface area contributed by atoms with Crippen molar-refractivity contribution in [3.63, 3.8) is 0 Å². The quantitative estimate of drug-likeness (QED) is 0.852. The number of anilines is 1. The van der Waals surface area contributed by atoms with Crippen molar-refractivity contribution >= 4 is 15.5 Å². The van der Waals surface area contributed by atoms with E-state index in [2.05, 4.69) is 5.32 Å². The third-order valence-electron chi connectivity index (χ3n) is 2.84. The van der Waals surface area contributed by atoms with Crippen molar-refractivity contribution in [2.75, 3.05) is 17.6 Å². The van der Waals surface area contributed by atoms with Crippen LogP contribution in [0.5, 0.6) is 0 Å². The van der Waals surface area contributed by atoms with Crippen LogP contribution >= 0.6 is 0 Å². The van der Waals surface area contributed by atoms with E-state index in [9.17, 15) is 12.8 Å². The van der Waals surface area contributed by atoms with Crippen molar-refractivity contribution in [2.24, 2.45) is 5.73 Å². The van der Waals surface area contributed by atoms with Crippen molar-refractivity contribution < 1.29 is 12.8 Å². The molecule has 4 nitrogen and oxygen atoms in total. The molecular formula is C11H15FN2O2S. The summed E-state index contributed by atoms with van der Waals surface area (Å²) in [4.78, 5) is 0.0569. The molecule has 0 aliphatic carbocycles. The molecule has 0 spiro atoms. The Labute approximate surface area is 99.9 Å². The van der Waals surface area contributed by atoms with E-state index in [1.807, 2.05) is 0 Å². The summed E-state index contributed by atoms with van der Waals surface area (Å²) in [6, 6.07) is 3.84. The first-order valence-electron chi connectivity index (χ1n) is 5.52. The Hall–Kier alpha value is -1.14. The van der Waals surface area contributed by atoms with E-state index in [0.717, 1.165) is 6.42 Å². The highest BCUT2D eigenvalue weighted by molar-refractivity contribution is 7.91. The average molecular weight is 258 g/mol. The van der Waals surface area contributed by atoms with E-state index in [4.69, 9.17) is 5.73 Å². The van der Waals surface area contributed by atoms with Crippen molar-refractivity contribution in [1.29, 1.82) is 0 Å². The fraction of sp³-hybridized carbons (Fsp3) is 0.455. The summed E-state index contributed by atoms with van der Waals surface area (Å²) in [5, 5.41) is 2.95. The number of para-hydroxylation sites is 1. The fourth-order valence-corrected chi connectivity index (χ4v) is 3.74. The van der Waals surface area contributed by atoms with Crippen molar-refractivity contribution in [3.05, 3.63) is 24.0 Å². The number of nitrogens with two attached hydrogens (primary N) is 1. The largest absolute Gasteiger partial charge is 0.378 e. The summed E-state index contributed by atoms with van der Waals surface area (Å²) in [5.41, 5.74) is 5.48. The van der Waals surface area contributed by atoms with Gasteiger partial charge in [-0.3, -0.25) is 0 Å². The molecular weight excluding hydrogens is 243 g/mol. The van der Waals surface area contributed by atoms with E-state index in [1.165, 1.54) is 18.2 Å². The Morgan fingerprint density at radius 3 is 2.94 bits per heavy atom. The second-order valence-corrected chi connectivity index (χ2v) is 6.17. The summed E-state index contributed by atoms with van der Waals surface area (Å²) < 4.78 is 37.5. The van der Waals surface area contributed by atoms with Crippen LogP contribution in [0.2, 0.25) is 0 Å². The molecule has 1 atom stereocenters. The lowest BCUT2D eigenvalue weighted by Crippen LogP contribution is -2.35. The lowest BCUT2D eigenvalue weighted by Gasteiger charge is -2.27. The van der Waals surface area contributed by atoms with Gasteiger partial charge < -0.3 is 11.1 Å². The van der Waals surface area contributed by atoms with Crippen LogP contribution in [0.25, 0.3) is 0 Å². The second kappa shape index (κ2) is 4.62. The van der Waals surface area contributed by atoms with Gasteiger partial charge in [0.2, 0.25) is 0 Å². The van der Waals surface area contributed by atoms with Crippen molar-refractivity contribution in [3.8, 4) is 0 Å². The van der Waals surface area contributed by atoms with E-state index < -0.39 is 15.7 Å². The second-order valence-electron chi connectivity index (χ2n) is 4.17. The predicted octanol–water partition coefficient (Wildman–Crippen LogP) is 1.13.